The zero-order chi connectivity index (χ0) is 18.4. The van der Waals surface area contributed by atoms with E-state index in [1.54, 1.807) is 4.90 Å². The Labute approximate surface area is 160 Å². The molecule has 1 spiro atoms. The van der Waals surface area contributed by atoms with Gasteiger partial charge in [-0.2, -0.15) is 0 Å². The molecule has 5 nitrogen and oxygen atoms in total. The number of sulfone groups is 1. The summed E-state index contributed by atoms with van der Waals surface area (Å²) in [4.78, 5) is 14.3. The maximum Gasteiger partial charge on any atom is 0.317 e. The minimum atomic E-state index is -3.10. The van der Waals surface area contributed by atoms with Gasteiger partial charge in [-0.15, -0.1) is 0 Å². The standard InChI is InChI=1S/C19H25ClN2O3S/c20-17-5-2-1-4-16(17)14-12-15(13-14)21-18(23)22-9-8-19(6-3-7-19)26(24,25)11-10-22/h1-2,4-5,14-15H,3,6-13H2,(H,21,23). The number of hydrogen-bond donors (Lipinski definition) is 1. The Morgan fingerprint density at radius 1 is 1.15 bits per heavy atom. The number of halogens is 1. The van der Waals surface area contributed by atoms with Gasteiger partial charge in [0.2, 0.25) is 0 Å². The highest BCUT2D eigenvalue weighted by molar-refractivity contribution is 7.92. The van der Waals surface area contributed by atoms with Crippen LogP contribution < -0.4 is 5.32 Å². The topological polar surface area (TPSA) is 66.5 Å². The number of nitrogens with zero attached hydrogens (tertiary/aromatic N) is 1. The van der Waals surface area contributed by atoms with Crippen LogP contribution in [0.25, 0.3) is 0 Å². The minimum absolute atomic E-state index is 0.0906. The molecule has 1 heterocycles. The van der Waals surface area contributed by atoms with Gasteiger partial charge < -0.3 is 10.2 Å². The Hall–Kier alpha value is -1.27. The van der Waals surface area contributed by atoms with Crippen LogP contribution in [0.3, 0.4) is 0 Å². The summed E-state index contributed by atoms with van der Waals surface area (Å²) in [5, 5.41) is 3.86. The van der Waals surface area contributed by atoms with Crippen molar-refractivity contribution in [2.75, 3.05) is 18.8 Å². The number of hydrogen-bond acceptors (Lipinski definition) is 3. The molecule has 2 aliphatic carbocycles. The second kappa shape index (κ2) is 6.71. The third-order valence-electron chi connectivity index (χ3n) is 6.49. The summed E-state index contributed by atoms with van der Waals surface area (Å²) in [5.41, 5.74) is 1.15. The SMILES string of the molecule is O=C(NC1CC(c2ccccc2Cl)C1)N1CCC2(CCC2)S(=O)(=O)CC1. The first-order chi connectivity index (χ1) is 12.4. The van der Waals surface area contributed by atoms with Gasteiger partial charge in [-0.3, -0.25) is 0 Å². The minimum Gasteiger partial charge on any atom is -0.335 e. The maximum atomic E-state index is 12.6. The summed E-state index contributed by atoms with van der Waals surface area (Å²) in [5.74, 6) is 0.476. The Morgan fingerprint density at radius 2 is 1.88 bits per heavy atom. The van der Waals surface area contributed by atoms with Crippen molar-refractivity contribution >= 4 is 27.5 Å². The summed E-state index contributed by atoms with van der Waals surface area (Å²) < 4.78 is 24.5. The van der Waals surface area contributed by atoms with E-state index >= 15 is 0 Å². The third-order valence-corrected chi connectivity index (χ3v) is 9.49. The lowest BCUT2D eigenvalue weighted by Crippen LogP contribution is -2.50. The van der Waals surface area contributed by atoms with Crippen LogP contribution in [-0.4, -0.2) is 49.0 Å². The van der Waals surface area contributed by atoms with Crippen LogP contribution in [0.1, 0.15) is 50.0 Å². The first-order valence-electron chi connectivity index (χ1n) is 9.42. The summed E-state index contributed by atoms with van der Waals surface area (Å²) >= 11 is 6.25. The first-order valence-corrected chi connectivity index (χ1v) is 11.5. The molecule has 0 bridgehead atoms. The lowest BCUT2D eigenvalue weighted by Gasteiger charge is -2.40. The molecule has 3 aliphatic rings. The fraction of sp³-hybridized carbons (Fsp3) is 0.632. The van der Waals surface area contributed by atoms with E-state index in [-0.39, 0.29) is 17.8 Å². The van der Waals surface area contributed by atoms with Crippen molar-refractivity contribution in [3.05, 3.63) is 34.9 Å². The summed E-state index contributed by atoms with van der Waals surface area (Å²) in [6, 6.07) is 7.87. The van der Waals surface area contributed by atoms with E-state index in [0.717, 1.165) is 42.7 Å². The summed E-state index contributed by atoms with van der Waals surface area (Å²) in [7, 11) is -3.10. The van der Waals surface area contributed by atoms with Gasteiger partial charge >= 0.3 is 6.03 Å². The van der Waals surface area contributed by atoms with Crippen molar-refractivity contribution < 1.29 is 13.2 Å². The van der Waals surface area contributed by atoms with Gasteiger partial charge in [0.15, 0.2) is 9.84 Å². The Bertz CT molecular complexity index is 801. The van der Waals surface area contributed by atoms with Gasteiger partial charge in [-0.05, 0) is 49.7 Å². The van der Waals surface area contributed by atoms with Crippen molar-refractivity contribution in [3.63, 3.8) is 0 Å². The van der Waals surface area contributed by atoms with E-state index in [1.165, 1.54) is 0 Å². The Balaban J connectivity index is 1.32. The number of urea groups is 1. The van der Waals surface area contributed by atoms with Crippen molar-refractivity contribution in [2.24, 2.45) is 0 Å². The average molecular weight is 397 g/mol. The monoisotopic (exact) mass is 396 g/mol. The molecule has 4 rings (SSSR count). The van der Waals surface area contributed by atoms with Gasteiger partial charge in [0.25, 0.3) is 0 Å². The fourth-order valence-corrected chi connectivity index (χ4v) is 6.95. The van der Waals surface area contributed by atoms with Crippen molar-refractivity contribution in [1.82, 2.24) is 10.2 Å². The zero-order valence-corrected chi connectivity index (χ0v) is 16.4. The van der Waals surface area contributed by atoms with E-state index < -0.39 is 14.6 Å². The second-order valence-corrected chi connectivity index (χ2v) is 10.8. The lowest BCUT2D eigenvalue weighted by molar-refractivity contribution is 0.181. The van der Waals surface area contributed by atoms with Crippen molar-refractivity contribution in [1.29, 1.82) is 0 Å². The molecule has 142 valence electrons. The van der Waals surface area contributed by atoms with E-state index in [1.807, 2.05) is 24.3 Å². The van der Waals surface area contributed by atoms with Crippen molar-refractivity contribution in [3.8, 4) is 0 Å². The van der Waals surface area contributed by atoms with Crippen LogP contribution in [0.4, 0.5) is 4.79 Å². The van der Waals surface area contributed by atoms with Gasteiger partial charge in [-0.1, -0.05) is 36.2 Å². The molecular formula is C19H25ClN2O3S. The summed E-state index contributed by atoms with van der Waals surface area (Å²) in [6.45, 7) is 0.836. The molecule has 1 aromatic carbocycles. The smallest absolute Gasteiger partial charge is 0.317 e. The van der Waals surface area contributed by atoms with Gasteiger partial charge in [-0.25, -0.2) is 13.2 Å². The Kier molecular flexibility index (Phi) is 4.68. The molecule has 0 aromatic heterocycles. The second-order valence-electron chi connectivity index (χ2n) is 7.93. The molecule has 3 fully saturated rings. The average Bonchev–Trinajstić information content (AvgIpc) is 2.66. The van der Waals surface area contributed by atoms with E-state index in [9.17, 15) is 13.2 Å². The van der Waals surface area contributed by atoms with E-state index in [0.29, 0.717) is 25.4 Å². The van der Waals surface area contributed by atoms with Crippen LogP contribution in [0.15, 0.2) is 24.3 Å². The third kappa shape index (κ3) is 3.11. The quantitative estimate of drug-likeness (QED) is 0.833. The van der Waals surface area contributed by atoms with Crippen molar-refractivity contribution in [2.45, 2.75) is 55.2 Å². The van der Waals surface area contributed by atoms with Crippen LogP contribution in [0.2, 0.25) is 5.02 Å². The summed E-state index contributed by atoms with van der Waals surface area (Å²) in [6.07, 6.45) is 4.84. The predicted molar refractivity (Wildman–Crippen MR) is 102 cm³/mol. The van der Waals surface area contributed by atoms with Crippen LogP contribution in [-0.2, 0) is 9.84 Å². The highest BCUT2D eigenvalue weighted by Gasteiger charge is 2.50. The molecule has 26 heavy (non-hydrogen) atoms. The van der Waals surface area contributed by atoms with E-state index in [4.69, 9.17) is 11.6 Å². The number of benzene rings is 1. The number of nitrogens with one attached hydrogen (secondary N) is 1. The molecule has 0 unspecified atom stereocenters. The normalized spacial score (nSPS) is 29.3. The van der Waals surface area contributed by atoms with Crippen LogP contribution in [0, 0.1) is 0 Å². The molecule has 2 saturated carbocycles. The van der Waals surface area contributed by atoms with Crippen LogP contribution in [0.5, 0.6) is 0 Å². The Morgan fingerprint density at radius 3 is 2.54 bits per heavy atom. The molecule has 1 N–H and O–H groups in total. The number of carbonyl (C=O) groups is 1. The van der Waals surface area contributed by atoms with Crippen LogP contribution >= 0.6 is 11.6 Å². The van der Waals surface area contributed by atoms with Gasteiger partial charge in [0, 0.05) is 24.2 Å². The first kappa shape index (κ1) is 18.1. The molecule has 1 aliphatic heterocycles. The van der Waals surface area contributed by atoms with Gasteiger partial charge in [0.1, 0.15) is 0 Å². The maximum absolute atomic E-state index is 12.6. The number of carbonyl (C=O) groups excluding carboxylic acids is 1. The molecule has 2 amide bonds. The zero-order valence-electron chi connectivity index (χ0n) is 14.8. The molecule has 1 aromatic rings. The highest BCUT2D eigenvalue weighted by atomic mass is 35.5. The fourth-order valence-electron chi connectivity index (χ4n) is 4.45. The predicted octanol–water partition coefficient (Wildman–Crippen LogP) is 3.34. The van der Waals surface area contributed by atoms with E-state index in [2.05, 4.69) is 5.32 Å². The molecular weight excluding hydrogens is 372 g/mol. The molecule has 1 saturated heterocycles. The number of amides is 2. The largest absolute Gasteiger partial charge is 0.335 e. The molecule has 0 radical (unpaired) electrons. The molecule has 0 atom stereocenters. The highest BCUT2D eigenvalue weighted by Crippen LogP contribution is 2.44. The van der Waals surface area contributed by atoms with Gasteiger partial charge in [0.05, 0.1) is 10.5 Å². The number of rotatable bonds is 2. The lowest BCUT2D eigenvalue weighted by atomic mass is 9.76. The molecule has 7 heteroatoms.